The van der Waals surface area contributed by atoms with E-state index in [0.29, 0.717) is 5.92 Å². The Morgan fingerprint density at radius 3 is 2.79 bits per heavy atom. The van der Waals surface area contributed by atoms with Gasteiger partial charge in [-0.25, -0.2) is 0 Å². The van der Waals surface area contributed by atoms with Gasteiger partial charge in [0.15, 0.2) is 0 Å². The molecule has 76 valence electrons. The second-order valence-electron chi connectivity index (χ2n) is 4.59. The quantitative estimate of drug-likeness (QED) is 0.721. The predicted octanol–water partition coefficient (Wildman–Crippen LogP) is 3.00. The molecule has 1 nitrogen and oxygen atoms in total. The van der Waals surface area contributed by atoms with E-state index in [2.05, 4.69) is 32.0 Å². The minimum Gasteiger partial charge on any atom is -0.385 e. The van der Waals surface area contributed by atoms with Crippen LogP contribution in [0.25, 0.3) is 0 Å². The number of aliphatic hydroxyl groups is 1. The second kappa shape index (κ2) is 3.39. The average molecular weight is 190 g/mol. The third-order valence-corrected chi connectivity index (χ3v) is 3.53. The normalized spacial score (nSPS) is 32.1. The Bertz CT molecular complexity index is 332. The van der Waals surface area contributed by atoms with E-state index in [-0.39, 0.29) is 0 Å². The van der Waals surface area contributed by atoms with Crippen LogP contribution in [0.2, 0.25) is 0 Å². The van der Waals surface area contributed by atoms with Crippen molar-refractivity contribution in [2.45, 2.75) is 38.7 Å². The lowest BCUT2D eigenvalue weighted by Gasteiger charge is -2.28. The maximum atomic E-state index is 10.6. The molecule has 1 saturated carbocycles. The first-order valence-corrected chi connectivity index (χ1v) is 5.42. The van der Waals surface area contributed by atoms with Gasteiger partial charge in [0.25, 0.3) is 0 Å². The molecular weight excluding hydrogens is 172 g/mol. The van der Waals surface area contributed by atoms with Crippen molar-refractivity contribution in [1.82, 2.24) is 0 Å². The van der Waals surface area contributed by atoms with Gasteiger partial charge in [-0.15, -0.1) is 0 Å². The highest BCUT2D eigenvalue weighted by atomic mass is 16.3. The number of aryl methyl sites for hydroxylation is 1. The second-order valence-corrected chi connectivity index (χ2v) is 4.59. The lowest BCUT2D eigenvalue weighted by atomic mass is 9.84. The van der Waals surface area contributed by atoms with Crippen LogP contribution >= 0.6 is 0 Å². The highest BCUT2D eigenvalue weighted by molar-refractivity contribution is 5.28. The summed E-state index contributed by atoms with van der Waals surface area (Å²) in [5.74, 6) is 0.393. The highest BCUT2D eigenvalue weighted by Gasteiger charge is 2.39. The molecular formula is C13H18O. The predicted molar refractivity (Wildman–Crippen MR) is 58.1 cm³/mol. The Kier molecular flexibility index (Phi) is 2.36. The van der Waals surface area contributed by atoms with Gasteiger partial charge in [0.2, 0.25) is 0 Å². The highest BCUT2D eigenvalue weighted by Crippen LogP contribution is 2.43. The molecule has 14 heavy (non-hydrogen) atoms. The molecule has 0 aromatic heterocycles. The molecule has 0 amide bonds. The molecule has 1 aliphatic carbocycles. The van der Waals surface area contributed by atoms with Gasteiger partial charge in [-0.1, -0.05) is 36.8 Å². The lowest BCUT2D eigenvalue weighted by Crippen LogP contribution is -2.28. The monoisotopic (exact) mass is 190 g/mol. The Hall–Kier alpha value is -0.820. The number of rotatable bonds is 1. The molecule has 0 radical (unpaired) electrons. The summed E-state index contributed by atoms with van der Waals surface area (Å²) in [4.78, 5) is 0. The third kappa shape index (κ3) is 1.46. The molecule has 0 spiro atoms. The summed E-state index contributed by atoms with van der Waals surface area (Å²) < 4.78 is 0. The van der Waals surface area contributed by atoms with Gasteiger partial charge in [0.05, 0.1) is 5.60 Å². The standard InChI is InChI=1S/C13H18O/c1-10-5-3-7-12(9-10)13(14)8-4-6-11(13)2/h3,5,7,9,11,14H,4,6,8H2,1-2H3/t11-,13-/m0/s1. The molecule has 0 aliphatic heterocycles. The molecule has 0 bridgehead atoms. The Balaban J connectivity index is 2.38. The topological polar surface area (TPSA) is 20.2 Å². The van der Waals surface area contributed by atoms with Crippen LogP contribution in [0.3, 0.4) is 0 Å². The Morgan fingerprint density at radius 2 is 2.21 bits per heavy atom. The van der Waals surface area contributed by atoms with Crippen LogP contribution in [0, 0.1) is 12.8 Å². The molecule has 1 aromatic rings. The first-order chi connectivity index (χ1) is 6.63. The minimum atomic E-state index is -0.563. The van der Waals surface area contributed by atoms with Gasteiger partial charge in [-0.05, 0) is 37.7 Å². The Morgan fingerprint density at radius 1 is 1.43 bits per heavy atom. The zero-order chi connectivity index (χ0) is 10.2. The molecule has 1 aromatic carbocycles. The average Bonchev–Trinajstić information content (AvgIpc) is 2.49. The number of hydrogen-bond donors (Lipinski definition) is 1. The molecule has 1 heteroatoms. The molecule has 1 fully saturated rings. The summed E-state index contributed by atoms with van der Waals surface area (Å²) >= 11 is 0. The minimum absolute atomic E-state index is 0.393. The van der Waals surface area contributed by atoms with Crippen molar-refractivity contribution < 1.29 is 5.11 Å². The smallest absolute Gasteiger partial charge is 0.0922 e. The van der Waals surface area contributed by atoms with Crippen LogP contribution in [0.5, 0.6) is 0 Å². The summed E-state index contributed by atoms with van der Waals surface area (Å²) in [5, 5.41) is 10.6. The van der Waals surface area contributed by atoms with Gasteiger partial charge in [0, 0.05) is 0 Å². The molecule has 0 saturated heterocycles. The largest absolute Gasteiger partial charge is 0.385 e. The maximum absolute atomic E-state index is 10.6. The van der Waals surface area contributed by atoms with Crippen LogP contribution in [-0.4, -0.2) is 5.11 Å². The molecule has 0 unspecified atom stereocenters. The van der Waals surface area contributed by atoms with Gasteiger partial charge in [-0.2, -0.15) is 0 Å². The van der Waals surface area contributed by atoms with Crippen LogP contribution < -0.4 is 0 Å². The van der Waals surface area contributed by atoms with Gasteiger partial charge in [0.1, 0.15) is 0 Å². The summed E-state index contributed by atoms with van der Waals surface area (Å²) in [5.41, 5.74) is 1.77. The first kappa shape index (κ1) is 9.72. The molecule has 2 atom stereocenters. The van der Waals surface area contributed by atoms with E-state index >= 15 is 0 Å². The van der Waals surface area contributed by atoms with Gasteiger partial charge >= 0.3 is 0 Å². The Labute approximate surface area is 85.8 Å². The molecule has 1 N–H and O–H groups in total. The van der Waals surface area contributed by atoms with Crippen LogP contribution in [0.4, 0.5) is 0 Å². The van der Waals surface area contributed by atoms with Crippen molar-refractivity contribution in [3.05, 3.63) is 35.4 Å². The van der Waals surface area contributed by atoms with E-state index < -0.39 is 5.60 Å². The third-order valence-electron chi connectivity index (χ3n) is 3.53. The van der Waals surface area contributed by atoms with E-state index in [1.807, 2.05) is 6.07 Å². The van der Waals surface area contributed by atoms with Crippen molar-refractivity contribution >= 4 is 0 Å². The van der Waals surface area contributed by atoms with E-state index in [1.54, 1.807) is 0 Å². The van der Waals surface area contributed by atoms with Crippen molar-refractivity contribution in [2.24, 2.45) is 5.92 Å². The number of hydrogen-bond acceptors (Lipinski definition) is 1. The van der Waals surface area contributed by atoms with Crippen LogP contribution in [0.15, 0.2) is 24.3 Å². The van der Waals surface area contributed by atoms with E-state index in [9.17, 15) is 5.11 Å². The zero-order valence-corrected chi connectivity index (χ0v) is 8.96. The maximum Gasteiger partial charge on any atom is 0.0922 e. The van der Waals surface area contributed by atoms with Crippen molar-refractivity contribution in [2.75, 3.05) is 0 Å². The van der Waals surface area contributed by atoms with Gasteiger partial charge < -0.3 is 5.11 Å². The van der Waals surface area contributed by atoms with E-state index in [1.165, 1.54) is 5.56 Å². The zero-order valence-electron chi connectivity index (χ0n) is 8.96. The van der Waals surface area contributed by atoms with E-state index in [0.717, 1.165) is 24.8 Å². The fourth-order valence-electron chi connectivity index (χ4n) is 2.51. The molecule has 0 heterocycles. The van der Waals surface area contributed by atoms with E-state index in [4.69, 9.17) is 0 Å². The summed E-state index contributed by atoms with van der Waals surface area (Å²) in [6, 6.07) is 8.27. The summed E-state index contributed by atoms with van der Waals surface area (Å²) in [7, 11) is 0. The fourth-order valence-corrected chi connectivity index (χ4v) is 2.51. The number of benzene rings is 1. The van der Waals surface area contributed by atoms with Crippen molar-refractivity contribution in [3.8, 4) is 0 Å². The van der Waals surface area contributed by atoms with Gasteiger partial charge in [-0.3, -0.25) is 0 Å². The summed E-state index contributed by atoms with van der Waals surface area (Å²) in [6.07, 6.45) is 3.20. The van der Waals surface area contributed by atoms with Crippen LogP contribution in [0.1, 0.15) is 37.3 Å². The van der Waals surface area contributed by atoms with Crippen molar-refractivity contribution in [1.29, 1.82) is 0 Å². The SMILES string of the molecule is Cc1cccc([C@]2(O)CCC[C@@H]2C)c1. The summed E-state index contributed by atoms with van der Waals surface area (Å²) in [6.45, 7) is 4.22. The van der Waals surface area contributed by atoms with Crippen LogP contribution in [-0.2, 0) is 5.60 Å². The lowest BCUT2D eigenvalue weighted by molar-refractivity contribution is 0.00444. The molecule has 2 rings (SSSR count). The molecule has 1 aliphatic rings. The fraction of sp³-hybridized carbons (Fsp3) is 0.538. The van der Waals surface area contributed by atoms with Crippen molar-refractivity contribution in [3.63, 3.8) is 0 Å². The first-order valence-electron chi connectivity index (χ1n) is 5.42.